The van der Waals surface area contributed by atoms with E-state index in [9.17, 15) is 26.4 Å². The van der Waals surface area contributed by atoms with Crippen molar-refractivity contribution in [1.29, 1.82) is 0 Å². The minimum atomic E-state index is -4.60. The maximum atomic E-state index is 14.7. The predicted molar refractivity (Wildman–Crippen MR) is 197 cm³/mol. The number of fused-ring (bicyclic) bond motifs is 1. The van der Waals surface area contributed by atoms with E-state index >= 15 is 0 Å². The maximum absolute atomic E-state index is 14.7. The standard InChI is InChI=1S/C40H47F3N4O4S/c1-26(2)51-35-24-34-32(23-36(35)52(4,49)50)37(39(48)44-27(3)28-12-7-5-8-13-28)33(38(45-34)29-14-11-15-30(22-29)40(41,42)43)25-46-20-16-31(17-21-46)47-18-9-6-10-19-47/h5,7-8,11-15,22-24,26-27,31H,6,9-10,16-21,25H2,1-4H3,(H,44,48)/t27-/m0/s1. The number of alkyl halides is 3. The van der Waals surface area contributed by atoms with Crippen LogP contribution in [0.1, 0.15) is 86.0 Å². The van der Waals surface area contributed by atoms with Crippen LogP contribution in [-0.4, -0.2) is 73.7 Å². The van der Waals surface area contributed by atoms with Gasteiger partial charge in [0.05, 0.1) is 34.5 Å². The number of carbonyl (C=O) groups excluding carboxylic acids is 1. The zero-order valence-electron chi connectivity index (χ0n) is 30.2. The normalized spacial score (nSPS) is 17.4. The fraction of sp³-hybridized carbons (Fsp3) is 0.450. The van der Waals surface area contributed by atoms with Gasteiger partial charge in [0, 0.05) is 41.4 Å². The largest absolute Gasteiger partial charge is 0.490 e. The van der Waals surface area contributed by atoms with Gasteiger partial charge in [0.2, 0.25) is 0 Å². The van der Waals surface area contributed by atoms with E-state index in [1.807, 2.05) is 37.3 Å². The molecule has 2 aliphatic heterocycles. The number of pyridine rings is 1. The number of halogens is 3. The minimum Gasteiger partial charge on any atom is -0.490 e. The molecule has 3 heterocycles. The van der Waals surface area contributed by atoms with Crippen molar-refractivity contribution in [3.8, 4) is 17.0 Å². The van der Waals surface area contributed by atoms with Gasteiger partial charge in [-0.1, -0.05) is 48.9 Å². The number of carbonyl (C=O) groups is 1. The first-order chi connectivity index (χ1) is 24.7. The van der Waals surface area contributed by atoms with Crippen LogP contribution in [0.2, 0.25) is 0 Å². The summed E-state index contributed by atoms with van der Waals surface area (Å²) in [6.07, 6.45) is 1.60. The number of ether oxygens (including phenoxy) is 1. The molecule has 278 valence electrons. The van der Waals surface area contributed by atoms with Gasteiger partial charge in [-0.2, -0.15) is 13.2 Å². The molecule has 0 bridgehead atoms. The van der Waals surface area contributed by atoms with Crippen LogP contribution in [-0.2, 0) is 22.6 Å². The molecular weight excluding hydrogens is 690 g/mol. The molecule has 2 fully saturated rings. The number of nitrogens with one attached hydrogen (secondary N) is 1. The van der Waals surface area contributed by atoms with Gasteiger partial charge in [0.1, 0.15) is 10.6 Å². The molecule has 0 aliphatic carbocycles. The first-order valence-electron chi connectivity index (χ1n) is 18.1. The van der Waals surface area contributed by atoms with Gasteiger partial charge in [-0.15, -0.1) is 0 Å². The zero-order valence-corrected chi connectivity index (χ0v) is 31.0. The van der Waals surface area contributed by atoms with Crippen molar-refractivity contribution in [3.05, 3.63) is 89.0 Å². The third-order valence-corrected chi connectivity index (χ3v) is 11.2. The molecule has 3 aromatic carbocycles. The monoisotopic (exact) mass is 736 g/mol. The maximum Gasteiger partial charge on any atom is 0.416 e. The molecule has 0 saturated carbocycles. The summed E-state index contributed by atoms with van der Waals surface area (Å²) in [5.74, 6) is -0.420. The van der Waals surface area contributed by atoms with E-state index in [0.29, 0.717) is 11.6 Å². The van der Waals surface area contributed by atoms with Gasteiger partial charge in [0.15, 0.2) is 9.84 Å². The minimum absolute atomic E-state index is 0.0593. The Bertz CT molecular complexity index is 2010. The van der Waals surface area contributed by atoms with Gasteiger partial charge in [-0.05, 0) is 96.4 Å². The van der Waals surface area contributed by atoms with Crippen molar-refractivity contribution in [3.63, 3.8) is 0 Å². The topological polar surface area (TPSA) is 91.8 Å². The number of likely N-dealkylation sites (tertiary alicyclic amines) is 2. The Labute approximate surface area is 304 Å². The van der Waals surface area contributed by atoms with Crippen LogP contribution in [0.25, 0.3) is 22.2 Å². The molecule has 0 radical (unpaired) electrons. The summed E-state index contributed by atoms with van der Waals surface area (Å²) in [4.78, 5) is 24.3. The van der Waals surface area contributed by atoms with Crippen LogP contribution in [0.15, 0.2) is 71.6 Å². The van der Waals surface area contributed by atoms with Gasteiger partial charge < -0.3 is 15.0 Å². The number of sulfone groups is 1. The molecule has 1 amide bonds. The van der Waals surface area contributed by atoms with Crippen LogP contribution in [0.4, 0.5) is 13.2 Å². The highest BCUT2D eigenvalue weighted by Crippen LogP contribution is 2.39. The molecule has 2 saturated heterocycles. The number of amides is 1. The second-order valence-electron chi connectivity index (χ2n) is 14.4. The number of benzene rings is 3. The van der Waals surface area contributed by atoms with Crippen molar-refractivity contribution in [1.82, 2.24) is 20.1 Å². The number of hydrogen-bond donors (Lipinski definition) is 1. The van der Waals surface area contributed by atoms with Crippen molar-refractivity contribution < 1.29 is 31.1 Å². The second-order valence-corrected chi connectivity index (χ2v) is 16.3. The molecular formula is C40H47F3N4O4S. The Hall–Kier alpha value is -4.00. The summed E-state index contributed by atoms with van der Waals surface area (Å²) >= 11 is 0. The summed E-state index contributed by atoms with van der Waals surface area (Å²) in [5, 5.41) is 3.38. The Morgan fingerprint density at radius 1 is 0.942 bits per heavy atom. The van der Waals surface area contributed by atoms with Crippen LogP contribution in [0.5, 0.6) is 5.75 Å². The quantitative estimate of drug-likeness (QED) is 0.176. The molecule has 1 aromatic heterocycles. The smallest absolute Gasteiger partial charge is 0.416 e. The highest BCUT2D eigenvalue weighted by molar-refractivity contribution is 7.90. The van der Waals surface area contributed by atoms with Crippen molar-refractivity contribution in [2.45, 2.75) is 88.7 Å². The lowest BCUT2D eigenvalue weighted by Crippen LogP contribution is -2.46. The molecule has 8 nitrogen and oxygen atoms in total. The van der Waals surface area contributed by atoms with Crippen molar-refractivity contribution >= 4 is 26.6 Å². The Morgan fingerprint density at radius 3 is 2.27 bits per heavy atom. The van der Waals surface area contributed by atoms with E-state index in [-0.39, 0.29) is 51.0 Å². The van der Waals surface area contributed by atoms with E-state index in [0.717, 1.165) is 63.0 Å². The molecule has 12 heteroatoms. The highest BCUT2D eigenvalue weighted by atomic mass is 32.2. The average Bonchev–Trinajstić information content (AvgIpc) is 3.11. The summed E-state index contributed by atoms with van der Waals surface area (Å²) in [5.41, 5.74) is 1.33. The summed E-state index contributed by atoms with van der Waals surface area (Å²) < 4.78 is 74.5. The first kappa shape index (κ1) is 37.7. The number of nitrogens with zero attached hydrogens (tertiary/aromatic N) is 3. The van der Waals surface area contributed by atoms with Crippen molar-refractivity contribution in [2.24, 2.45) is 0 Å². The van der Waals surface area contributed by atoms with Gasteiger partial charge in [-0.3, -0.25) is 9.69 Å². The number of hydrogen-bond acceptors (Lipinski definition) is 7. The second kappa shape index (κ2) is 15.5. The lowest BCUT2D eigenvalue weighted by molar-refractivity contribution is -0.137. The highest BCUT2D eigenvalue weighted by Gasteiger charge is 2.33. The molecule has 1 N–H and O–H groups in total. The molecule has 0 unspecified atom stereocenters. The molecule has 6 rings (SSSR count). The zero-order chi connectivity index (χ0) is 37.2. The van der Waals surface area contributed by atoms with Gasteiger partial charge in [-0.25, -0.2) is 13.4 Å². The molecule has 1 atom stereocenters. The Kier molecular flexibility index (Phi) is 11.3. The third-order valence-electron chi connectivity index (χ3n) is 10.1. The number of piperidine rings is 2. The van der Waals surface area contributed by atoms with Crippen LogP contribution < -0.4 is 10.1 Å². The fourth-order valence-electron chi connectivity index (χ4n) is 7.49. The lowest BCUT2D eigenvalue weighted by Gasteiger charge is -2.40. The van der Waals surface area contributed by atoms with Gasteiger partial charge >= 0.3 is 6.18 Å². The summed E-state index contributed by atoms with van der Waals surface area (Å²) in [6, 6.07) is 17.3. The van der Waals surface area contributed by atoms with Crippen LogP contribution >= 0.6 is 0 Å². The SMILES string of the molecule is CC(C)Oc1cc2nc(-c3cccc(C(F)(F)F)c3)c(CN3CCC(N4CCCCC4)CC3)c(C(=O)N[C@@H](C)c3ccccc3)c2cc1S(C)(=O)=O. The number of aromatic nitrogens is 1. The average molecular weight is 737 g/mol. The third kappa shape index (κ3) is 8.61. The van der Waals surface area contributed by atoms with E-state index in [4.69, 9.17) is 9.72 Å². The molecule has 0 spiro atoms. The Balaban J connectivity index is 1.54. The Morgan fingerprint density at radius 2 is 1.63 bits per heavy atom. The number of rotatable bonds is 10. The van der Waals surface area contributed by atoms with Crippen LogP contribution in [0.3, 0.4) is 0 Å². The summed E-state index contributed by atoms with van der Waals surface area (Å²) in [6.45, 7) is 9.27. The summed E-state index contributed by atoms with van der Waals surface area (Å²) in [7, 11) is -3.84. The lowest BCUT2D eigenvalue weighted by atomic mass is 9.93. The molecule has 4 aromatic rings. The van der Waals surface area contributed by atoms with E-state index in [1.165, 1.54) is 37.5 Å². The van der Waals surface area contributed by atoms with Crippen LogP contribution in [0, 0.1) is 0 Å². The fourth-order valence-corrected chi connectivity index (χ4v) is 8.29. The predicted octanol–water partition coefficient (Wildman–Crippen LogP) is 8.05. The molecule has 52 heavy (non-hydrogen) atoms. The van der Waals surface area contributed by atoms with Gasteiger partial charge in [0.25, 0.3) is 5.91 Å². The first-order valence-corrected chi connectivity index (χ1v) is 20.0. The van der Waals surface area contributed by atoms with E-state index in [2.05, 4.69) is 15.1 Å². The van der Waals surface area contributed by atoms with Crippen molar-refractivity contribution in [2.75, 3.05) is 32.4 Å². The molecule has 2 aliphatic rings. The van der Waals surface area contributed by atoms with E-state index in [1.54, 1.807) is 19.9 Å². The van der Waals surface area contributed by atoms with E-state index < -0.39 is 33.5 Å².